The number of hydrogen-bond acceptors (Lipinski definition) is 7. The number of sulfonamides is 1. The van der Waals surface area contributed by atoms with Gasteiger partial charge in [-0.15, -0.1) is 0 Å². The Morgan fingerprint density at radius 2 is 1.93 bits per heavy atom. The Balaban J connectivity index is 1.34. The van der Waals surface area contributed by atoms with Crippen molar-refractivity contribution in [1.82, 2.24) is 14.6 Å². The Bertz CT molecular complexity index is 1760. The number of aromatic nitrogens is 1. The minimum absolute atomic E-state index is 0.0426. The molecule has 3 aromatic carbocycles. The first-order valence-electron chi connectivity index (χ1n) is 13.3. The summed E-state index contributed by atoms with van der Waals surface area (Å²) in [5.41, 5.74) is 3.52. The van der Waals surface area contributed by atoms with E-state index < -0.39 is 16.1 Å². The summed E-state index contributed by atoms with van der Waals surface area (Å²) < 4.78 is 34.9. The van der Waals surface area contributed by atoms with Gasteiger partial charge >= 0.3 is 0 Å². The van der Waals surface area contributed by atoms with Crippen molar-refractivity contribution in [3.63, 3.8) is 0 Å². The lowest BCUT2D eigenvalue weighted by atomic mass is 10.1. The van der Waals surface area contributed by atoms with Crippen LogP contribution in [-0.2, 0) is 28.0 Å². The number of nitrogens with two attached hydrogens (primary N) is 1. The highest BCUT2D eigenvalue weighted by molar-refractivity contribution is 7.89. The Kier molecular flexibility index (Phi) is 8.98. The number of benzene rings is 3. The van der Waals surface area contributed by atoms with E-state index in [1.165, 1.54) is 22.7 Å². The fraction of sp³-hybridized carbons (Fsp3) is 0.233. The van der Waals surface area contributed by atoms with Gasteiger partial charge in [0, 0.05) is 34.8 Å². The number of carbonyl (C=O) groups excluding carboxylic acids is 1. The van der Waals surface area contributed by atoms with Crippen LogP contribution in [-0.4, -0.2) is 42.4 Å². The molecule has 1 aliphatic rings. The number of halogens is 2. The average Bonchev–Trinajstić information content (AvgIpc) is 3.48. The van der Waals surface area contributed by atoms with Gasteiger partial charge in [-0.3, -0.25) is 4.79 Å². The number of fused-ring (bicyclic) bond motifs is 1. The minimum atomic E-state index is -4.13. The van der Waals surface area contributed by atoms with Crippen LogP contribution in [0.4, 0.5) is 0 Å². The van der Waals surface area contributed by atoms with E-state index in [0.717, 1.165) is 22.2 Å². The van der Waals surface area contributed by atoms with Crippen molar-refractivity contribution in [2.75, 3.05) is 6.54 Å². The molecule has 0 aliphatic carbocycles. The zero-order valence-corrected chi connectivity index (χ0v) is 25.1. The molecular formula is C30H29Cl2N5O4S. The Morgan fingerprint density at radius 1 is 1.14 bits per heavy atom. The van der Waals surface area contributed by atoms with Crippen LogP contribution in [0.2, 0.25) is 10.0 Å². The van der Waals surface area contributed by atoms with Crippen molar-refractivity contribution in [1.29, 1.82) is 0 Å². The van der Waals surface area contributed by atoms with Gasteiger partial charge in [-0.1, -0.05) is 65.7 Å². The number of para-hydroxylation sites is 1. The van der Waals surface area contributed by atoms with E-state index in [9.17, 15) is 13.2 Å². The van der Waals surface area contributed by atoms with Crippen molar-refractivity contribution in [2.45, 2.75) is 43.9 Å². The Labute approximate surface area is 254 Å². The molecule has 1 aliphatic heterocycles. The molecule has 1 atom stereocenters. The van der Waals surface area contributed by atoms with E-state index in [4.69, 9.17) is 33.8 Å². The fourth-order valence-corrected chi connectivity index (χ4v) is 7.44. The number of amides is 1. The molecule has 12 heteroatoms. The molecule has 0 radical (unpaired) electrons. The number of carbonyl (C=O) groups is 1. The lowest BCUT2D eigenvalue weighted by Crippen LogP contribution is -2.45. The Morgan fingerprint density at radius 3 is 2.69 bits per heavy atom. The van der Waals surface area contributed by atoms with E-state index in [1.807, 2.05) is 55.5 Å². The highest BCUT2D eigenvalue weighted by Crippen LogP contribution is 2.36. The maximum Gasteiger partial charge on any atom is 0.245 e. The molecule has 2 heterocycles. The Hall–Kier alpha value is -3.70. The fourth-order valence-electron chi connectivity index (χ4n) is 4.92. The molecule has 0 saturated carbocycles. The number of pyridine rings is 1. The van der Waals surface area contributed by atoms with Crippen LogP contribution >= 0.6 is 23.2 Å². The third kappa shape index (κ3) is 6.22. The van der Waals surface area contributed by atoms with Gasteiger partial charge in [0.25, 0.3) is 0 Å². The number of hydrogen-bond donors (Lipinski definition) is 2. The normalized spacial score (nSPS) is 15.8. The number of nitrogens with zero attached hydrogens (tertiary/aromatic N) is 3. The molecule has 42 heavy (non-hydrogen) atoms. The van der Waals surface area contributed by atoms with E-state index >= 15 is 0 Å². The lowest BCUT2D eigenvalue weighted by molar-refractivity contribution is -0.124. The zero-order valence-electron chi connectivity index (χ0n) is 22.8. The summed E-state index contributed by atoms with van der Waals surface area (Å²) in [4.78, 5) is 17.6. The maximum atomic E-state index is 13.8. The van der Waals surface area contributed by atoms with Crippen LogP contribution in [0.25, 0.3) is 10.9 Å². The molecule has 1 saturated heterocycles. The molecule has 9 nitrogen and oxygen atoms in total. The predicted molar refractivity (Wildman–Crippen MR) is 164 cm³/mol. The molecule has 0 spiro atoms. The summed E-state index contributed by atoms with van der Waals surface area (Å²) in [6, 6.07) is 18.7. The van der Waals surface area contributed by atoms with Crippen molar-refractivity contribution < 1.29 is 17.9 Å². The number of ether oxygens (including phenoxy) is 1. The molecule has 1 aromatic heterocycles. The van der Waals surface area contributed by atoms with Gasteiger partial charge in [-0.25, -0.2) is 13.4 Å². The van der Waals surface area contributed by atoms with Gasteiger partial charge in [-0.05, 0) is 55.2 Å². The highest BCUT2D eigenvalue weighted by Gasteiger charge is 2.40. The first-order chi connectivity index (χ1) is 20.2. The smallest absolute Gasteiger partial charge is 0.245 e. The number of hydrazone groups is 1. The predicted octanol–water partition coefficient (Wildman–Crippen LogP) is 5.19. The van der Waals surface area contributed by atoms with Crippen molar-refractivity contribution in [3.05, 3.63) is 99.2 Å². The quantitative estimate of drug-likeness (QED) is 0.150. The lowest BCUT2D eigenvalue weighted by Gasteiger charge is -2.24. The first-order valence-corrected chi connectivity index (χ1v) is 15.5. The van der Waals surface area contributed by atoms with E-state index in [1.54, 1.807) is 6.07 Å². The molecule has 218 valence electrons. The number of rotatable bonds is 9. The third-order valence-corrected chi connectivity index (χ3v) is 9.96. The van der Waals surface area contributed by atoms with Crippen molar-refractivity contribution in [3.8, 4) is 5.75 Å². The largest absolute Gasteiger partial charge is 0.487 e. The monoisotopic (exact) mass is 625 g/mol. The molecule has 5 rings (SSSR count). The minimum Gasteiger partial charge on any atom is -0.487 e. The molecule has 4 aromatic rings. The highest BCUT2D eigenvalue weighted by atomic mass is 35.5. The van der Waals surface area contributed by atoms with Gasteiger partial charge in [0.2, 0.25) is 15.9 Å². The molecule has 1 amide bonds. The van der Waals surface area contributed by atoms with Crippen LogP contribution < -0.4 is 15.9 Å². The number of nitrogens with one attached hydrogen (secondary N) is 1. The van der Waals surface area contributed by atoms with Crippen molar-refractivity contribution in [2.24, 2.45) is 10.9 Å². The SMILES string of the molecule is Cc1ccc2cccc(OCc3c(Cl)ccc(S(=O)(=O)N4CCC[C@H]4C(=O)NCc4ccc(C=NN)cc4)c3Cl)c2n1. The van der Waals surface area contributed by atoms with Gasteiger partial charge in [0.15, 0.2) is 0 Å². The van der Waals surface area contributed by atoms with Crippen LogP contribution in [0, 0.1) is 6.92 Å². The summed E-state index contributed by atoms with van der Waals surface area (Å²) in [6.45, 7) is 2.25. The molecule has 1 fully saturated rings. The molecule has 3 N–H and O–H groups in total. The topological polar surface area (TPSA) is 127 Å². The van der Waals surface area contributed by atoms with E-state index in [-0.39, 0.29) is 40.5 Å². The standard InChI is InChI=1S/C30H29Cl2N5O4S/c1-19-7-12-22-4-2-6-26(29(22)36-19)41-18-23-24(31)13-14-27(28(23)32)42(39,40)37-15-3-5-25(37)30(38)34-16-20-8-10-21(11-9-20)17-35-33/h2,4,6-14,17,25H,3,5,15-16,18,33H2,1H3,(H,34,38)/t25-/m0/s1. The van der Waals surface area contributed by atoms with Gasteiger partial charge in [0.05, 0.1) is 11.2 Å². The summed E-state index contributed by atoms with van der Waals surface area (Å²) in [5.74, 6) is 5.32. The summed E-state index contributed by atoms with van der Waals surface area (Å²) in [7, 11) is -4.13. The van der Waals surface area contributed by atoms with E-state index in [2.05, 4.69) is 15.4 Å². The first kappa shape index (κ1) is 29.8. The van der Waals surface area contributed by atoms with Gasteiger partial charge < -0.3 is 15.9 Å². The summed E-state index contributed by atoms with van der Waals surface area (Å²) in [5, 5.41) is 7.47. The van der Waals surface area contributed by atoms with Crippen LogP contribution in [0.15, 0.2) is 76.7 Å². The maximum absolute atomic E-state index is 13.8. The molecular weight excluding hydrogens is 597 g/mol. The van der Waals surface area contributed by atoms with E-state index in [0.29, 0.717) is 29.7 Å². The summed E-state index contributed by atoms with van der Waals surface area (Å²) >= 11 is 13.1. The van der Waals surface area contributed by atoms with Crippen LogP contribution in [0.5, 0.6) is 5.75 Å². The summed E-state index contributed by atoms with van der Waals surface area (Å²) in [6.07, 6.45) is 2.45. The van der Waals surface area contributed by atoms with Gasteiger partial charge in [0.1, 0.15) is 28.8 Å². The van der Waals surface area contributed by atoms with Gasteiger partial charge in [-0.2, -0.15) is 9.41 Å². The second kappa shape index (κ2) is 12.7. The second-order valence-electron chi connectivity index (χ2n) is 9.92. The van der Waals surface area contributed by atoms with Crippen LogP contribution in [0.3, 0.4) is 0 Å². The average molecular weight is 627 g/mol. The second-order valence-corrected chi connectivity index (χ2v) is 12.6. The number of aryl methyl sites for hydroxylation is 1. The zero-order chi connectivity index (χ0) is 29.9. The molecule has 0 unspecified atom stereocenters. The molecule has 0 bridgehead atoms. The van der Waals surface area contributed by atoms with Crippen molar-refractivity contribution >= 4 is 56.2 Å². The van der Waals surface area contributed by atoms with Crippen LogP contribution in [0.1, 0.15) is 35.2 Å². The third-order valence-electron chi connectivity index (χ3n) is 7.11.